The van der Waals surface area contributed by atoms with Crippen LogP contribution in [0.5, 0.6) is 5.75 Å². The Morgan fingerprint density at radius 2 is 1.81 bits per heavy atom. The van der Waals surface area contributed by atoms with Crippen LogP contribution in [-0.2, 0) is 4.79 Å². The Bertz CT molecular complexity index is 931. The van der Waals surface area contributed by atoms with Gasteiger partial charge in [-0.2, -0.15) is 0 Å². The monoisotopic (exact) mass is 381 g/mol. The number of ether oxygens (including phenoxy) is 1. The quantitative estimate of drug-likeness (QED) is 0.487. The van der Waals surface area contributed by atoms with E-state index in [1.807, 2.05) is 24.3 Å². The Morgan fingerprint density at radius 1 is 1.07 bits per heavy atom. The first-order chi connectivity index (χ1) is 13.2. The van der Waals surface area contributed by atoms with Crippen LogP contribution in [0.1, 0.15) is 15.4 Å². The minimum Gasteiger partial charge on any atom is -0.497 e. The van der Waals surface area contributed by atoms with Crippen molar-refractivity contribution in [3.8, 4) is 5.75 Å². The number of methoxy groups -OCH3 is 1. The van der Waals surface area contributed by atoms with Crippen molar-refractivity contribution in [1.29, 1.82) is 0 Å². The number of nitrogens with zero attached hydrogens (tertiary/aromatic N) is 1. The first kappa shape index (κ1) is 18.6. The van der Waals surface area contributed by atoms with E-state index in [1.165, 1.54) is 17.4 Å². The molecule has 3 aromatic rings. The number of benzene rings is 2. The predicted molar refractivity (Wildman–Crippen MR) is 107 cm³/mol. The standard InChI is InChI=1S/C20H19N3O3S/c1-26-15-8-6-14(7-9-15)20(25)22-13-12-21-18(24)10-11-19-23-16-4-2-3-5-17(16)27-19/h2-11H,12-13H2,1H3,(H,21,24)(H,22,25). The molecule has 27 heavy (non-hydrogen) atoms. The summed E-state index contributed by atoms with van der Waals surface area (Å²) >= 11 is 1.53. The summed E-state index contributed by atoms with van der Waals surface area (Å²) in [7, 11) is 1.57. The molecule has 7 heteroatoms. The van der Waals surface area contributed by atoms with Gasteiger partial charge in [-0.3, -0.25) is 9.59 Å². The number of rotatable bonds is 7. The molecule has 0 aliphatic rings. The second-order valence-electron chi connectivity index (χ2n) is 5.63. The molecule has 1 aromatic heterocycles. The van der Waals surface area contributed by atoms with E-state index in [1.54, 1.807) is 37.5 Å². The molecule has 6 nitrogen and oxygen atoms in total. The highest BCUT2D eigenvalue weighted by atomic mass is 32.1. The zero-order chi connectivity index (χ0) is 19.1. The molecule has 0 unspecified atom stereocenters. The first-order valence-corrected chi connectivity index (χ1v) is 9.21. The highest BCUT2D eigenvalue weighted by Gasteiger charge is 2.05. The smallest absolute Gasteiger partial charge is 0.251 e. The molecular formula is C20H19N3O3S. The maximum atomic E-state index is 12.0. The van der Waals surface area contributed by atoms with Crippen LogP contribution in [0, 0.1) is 0 Å². The lowest BCUT2D eigenvalue weighted by Gasteiger charge is -2.06. The van der Waals surface area contributed by atoms with E-state index in [2.05, 4.69) is 15.6 Å². The molecule has 0 spiro atoms. The third-order valence-electron chi connectivity index (χ3n) is 3.75. The van der Waals surface area contributed by atoms with Crippen molar-refractivity contribution in [1.82, 2.24) is 15.6 Å². The lowest BCUT2D eigenvalue weighted by atomic mass is 10.2. The van der Waals surface area contributed by atoms with Crippen LogP contribution < -0.4 is 15.4 Å². The van der Waals surface area contributed by atoms with E-state index in [0.717, 1.165) is 15.2 Å². The molecule has 2 N–H and O–H groups in total. The number of para-hydroxylation sites is 1. The van der Waals surface area contributed by atoms with Crippen molar-refractivity contribution in [2.24, 2.45) is 0 Å². The van der Waals surface area contributed by atoms with Crippen LogP contribution in [-0.4, -0.2) is 37.0 Å². The number of carbonyl (C=O) groups excluding carboxylic acids is 2. The molecule has 2 amide bonds. The summed E-state index contributed by atoms with van der Waals surface area (Å²) in [5, 5.41) is 6.26. The molecule has 138 valence electrons. The summed E-state index contributed by atoms with van der Waals surface area (Å²) in [6, 6.07) is 14.7. The van der Waals surface area contributed by atoms with Gasteiger partial charge >= 0.3 is 0 Å². The SMILES string of the molecule is COc1ccc(C(=O)NCCNC(=O)C=Cc2nc3ccccc3s2)cc1. The molecule has 0 bridgehead atoms. The lowest BCUT2D eigenvalue weighted by Crippen LogP contribution is -2.33. The summed E-state index contributed by atoms with van der Waals surface area (Å²) in [5.41, 5.74) is 1.46. The normalized spacial score (nSPS) is 10.9. The maximum absolute atomic E-state index is 12.0. The van der Waals surface area contributed by atoms with Gasteiger partial charge in [0.2, 0.25) is 5.91 Å². The summed E-state index contributed by atoms with van der Waals surface area (Å²) in [5.74, 6) is 0.267. The lowest BCUT2D eigenvalue weighted by molar-refractivity contribution is -0.116. The fourth-order valence-electron chi connectivity index (χ4n) is 2.37. The predicted octanol–water partition coefficient (Wildman–Crippen LogP) is 2.86. The molecule has 0 aliphatic heterocycles. The molecule has 0 saturated heterocycles. The van der Waals surface area contributed by atoms with Crippen LogP contribution in [0.15, 0.2) is 54.6 Å². The molecule has 0 atom stereocenters. The maximum Gasteiger partial charge on any atom is 0.251 e. The van der Waals surface area contributed by atoms with Crippen molar-refractivity contribution >= 4 is 39.4 Å². The van der Waals surface area contributed by atoms with E-state index >= 15 is 0 Å². The van der Waals surface area contributed by atoms with E-state index in [-0.39, 0.29) is 11.8 Å². The molecular weight excluding hydrogens is 362 g/mol. The minimum atomic E-state index is -0.229. The number of thiazole rings is 1. The molecule has 2 aromatic carbocycles. The average Bonchev–Trinajstić information content (AvgIpc) is 3.12. The van der Waals surface area contributed by atoms with Gasteiger partial charge in [0, 0.05) is 24.7 Å². The number of hydrogen-bond donors (Lipinski definition) is 2. The fourth-order valence-corrected chi connectivity index (χ4v) is 3.24. The number of fused-ring (bicyclic) bond motifs is 1. The Kier molecular flexibility index (Phi) is 6.17. The van der Waals surface area contributed by atoms with E-state index in [0.29, 0.717) is 24.4 Å². The summed E-state index contributed by atoms with van der Waals surface area (Å²) < 4.78 is 6.14. The van der Waals surface area contributed by atoms with Crippen LogP contribution >= 0.6 is 11.3 Å². The Labute approximate surface area is 160 Å². The number of nitrogens with one attached hydrogen (secondary N) is 2. The Morgan fingerprint density at radius 3 is 2.56 bits per heavy atom. The first-order valence-electron chi connectivity index (χ1n) is 8.39. The molecule has 0 aliphatic carbocycles. The highest BCUT2D eigenvalue weighted by Crippen LogP contribution is 2.22. The molecule has 1 heterocycles. The van der Waals surface area contributed by atoms with E-state index in [4.69, 9.17) is 4.74 Å². The zero-order valence-electron chi connectivity index (χ0n) is 14.8. The molecule has 0 radical (unpaired) electrons. The molecule has 0 saturated carbocycles. The Hall–Kier alpha value is -3.19. The number of amides is 2. The average molecular weight is 381 g/mol. The van der Waals surface area contributed by atoms with Crippen molar-refractivity contribution in [2.75, 3.05) is 20.2 Å². The van der Waals surface area contributed by atoms with Crippen molar-refractivity contribution < 1.29 is 14.3 Å². The van der Waals surface area contributed by atoms with E-state index < -0.39 is 0 Å². The second kappa shape index (κ2) is 8.95. The van der Waals surface area contributed by atoms with Gasteiger partial charge in [0.25, 0.3) is 5.91 Å². The van der Waals surface area contributed by atoms with Gasteiger partial charge in [-0.15, -0.1) is 11.3 Å². The van der Waals surface area contributed by atoms with Gasteiger partial charge in [0.05, 0.1) is 17.3 Å². The minimum absolute atomic E-state index is 0.197. The molecule has 3 rings (SSSR count). The van der Waals surface area contributed by atoms with Crippen LogP contribution in [0.3, 0.4) is 0 Å². The number of carbonyl (C=O) groups is 2. The third kappa shape index (κ3) is 5.15. The fraction of sp³-hybridized carbons (Fsp3) is 0.150. The summed E-state index contributed by atoms with van der Waals surface area (Å²) in [6.45, 7) is 0.677. The third-order valence-corrected chi connectivity index (χ3v) is 4.75. The summed E-state index contributed by atoms with van der Waals surface area (Å²) in [4.78, 5) is 28.3. The highest BCUT2D eigenvalue weighted by molar-refractivity contribution is 7.19. The van der Waals surface area contributed by atoms with Gasteiger partial charge in [0.15, 0.2) is 0 Å². The van der Waals surface area contributed by atoms with Gasteiger partial charge in [0.1, 0.15) is 10.8 Å². The van der Waals surface area contributed by atoms with Gasteiger partial charge in [-0.05, 0) is 42.5 Å². The van der Waals surface area contributed by atoms with Crippen molar-refractivity contribution in [3.05, 3.63) is 65.2 Å². The Balaban J connectivity index is 1.41. The van der Waals surface area contributed by atoms with Crippen LogP contribution in [0.4, 0.5) is 0 Å². The number of aromatic nitrogens is 1. The zero-order valence-corrected chi connectivity index (χ0v) is 15.6. The van der Waals surface area contributed by atoms with Gasteiger partial charge in [-0.1, -0.05) is 12.1 Å². The van der Waals surface area contributed by atoms with Gasteiger partial charge < -0.3 is 15.4 Å². The summed E-state index contributed by atoms with van der Waals surface area (Å²) in [6.07, 6.45) is 3.14. The van der Waals surface area contributed by atoms with Crippen molar-refractivity contribution in [2.45, 2.75) is 0 Å². The largest absolute Gasteiger partial charge is 0.497 e. The second-order valence-corrected chi connectivity index (χ2v) is 6.69. The van der Waals surface area contributed by atoms with E-state index in [9.17, 15) is 9.59 Å². The number of hydrogen-bond acceptors (Lipinski definition) is 5. The van der Waals surface area contributed by atoms with Crippen molar-refractivity contribution in [3.63, 3.8) is 0 Å². The topological polar surface area (TPSA) is 80.3 Å². The molecule has 0 fully saturated rings. The van der Waals surface area contributed by atoms with Gasteiger partial charge in [-0.25, -0.2) is 4.98 Å². The van der Waals surface area contributed by atoms with Crippen LogP contribution in [0.25, 0.3) is 16.3 Å². The van der Waals surface area contributed by atoms with Crippen LogP contribution in [0.2, 0.25) is 0 Å².